The van der Waals surface area contributed by atoms with Gasteiger partial charge in [0.15, 0.2) is 0 Å². The normalized spacial score (nSPS) is 12.7. The molecule has 0 aliphatic carbocycles. The van der Waals surface area contributed by atoms with Crippen molar-refractivity contribution in [2.75, 3.05) is 6.54 Å². The molecular formula is C19H17F6NO. The molecule has 2 nitrogen and oxygen atoms in total. The number of carbonyl (C=O) groups excluding carboxylic acids is 1. The lowest BCUT2D eigenvalue weighted by molar-refractivity contribution is -0.138. The molecule has 0 aliphatic heterocycles. The standard InChI is InChI=1S/C19H17F6NO/c1-17(2,12-6-5-7-13(10-12)18(20,21)22)11-26-16(27)14-8-3-4-9-15(14)19(23,24)25/h3-10H,11H2,1-2H3,(H,26,27). The largest absolute Gasteiger partial charge is 0.417 e. The zero-order valence-corrected chi connectivity index (χ0v) is 14.5. The molecule has 0 spiro atoms. The van der Waals surface area contributed by atoms with Crippen molar-refractivity contribution in [3.63, 3.8) is 0 Å². The van der Waals surface area contributed by atoms with Gasteiger partial charge in [-0.05, 0) is 23.8 Å². The van der Waals surface area contributed by atoms with Gasteiger partial charge in [0.2, 0.25) is 0 Å². The topological polar surface area (TPSA) is 29.1 Å². The molecule has 0 radical (unpaired) electrons. The van der Waals surface area contributed by atoms with Crippen LogP contribution in [-0.2, 0) is 17.8 Å². The van der Waals surface area contributed by atoms with Crippen LogP contribution in [0.2, 0.25) is 0 Å². The van der Waals surface area contributed by atoms with Gasteiger partial charge in [0.05, 0.1) is 16.7 Å². The number of benzene rings is 2. The summed E-state index contributed by atoms with van der Waals surface area (Å²) >= 11 is 0. The molecule has 0 bridgehead atoms. The van der Waals surface area contributed by atoms with E-state index in [0.29, 0.717) is 5.56 Å². The minimum absolute atomic E-state index is 0.140. The first-order valence-corrected chi connectivity index (χ1v) is 7.94. The first kappa shape index (κ1) is 20.8. The van der Waals surface area contributed by atoms with Gasteiger partial charge in [-0.15, -0.1) is 0 Å². The van der Waals surface area contributed by atoms with E-state index in [1.165, 1.54) is 24.3 Å². The van der Waals surface area contributed by atoms with Gasteiger partial charge in [-0.2, -0.15) is 26.3 Å². The summed E-state index contributed by atoms with van der Waals surface area (Å²) in [6.07, 6.45) is -9.20. The second kappa shape index (κ2) is 7.25. The maximum atomic E-state index is 13.0. The molecule has 0 saturated heterocycles. The van der Waals surface area contributed by atoms with E-state index in [1.54, 1.807) is 13.8 Å². The van der Waals surface area contributed by atoms with E-state index in [2.05, 4.69) is 5.32 Å². The number of carbonyl (C=O) groups is 1. The highest BCUT2D eigenvalue weighted by atomic mass is 19.4. The fourth-order valence-corrected chi connectivity index (χ4v) is 2.54. The third-order valence-corrected chi connectivity index (χ3v) is 4.14. The lowest BCUT2D eigenvalue weighted by atomic mass is 9.83. The maximum Gasteiger partial charge on any atom is 0.417 e. The number of hydrogen-bond donors (Lipinski definition) is 1. The molecule has 0 fully saturated rings. The predicted molar refractivity (Wildman–Crippen MR) is 88.2 cm³/mol. The highest BCUT2D eigenvalue weighted by Crippen LogP contribution is 2.33. The second-order valence-electron chi connectivity index (χ2n) is 6.69. The van der Waals surface area contributed by atoms with Crippen molar-refractivity contribution in [3.8, 4) is 0 Å². The third-order valence-electron chi connectivity index (χ3n) is 4.14. The maximum absolute atomic E-state index is 13.0. The van der Waals surface area contributed by atoms with Crippen molar-refractivity contribution in [1.29, 1.82) is 0 Å². The Kier molecular flexibility index (Phi) is 5.58. The number of nitrogens with one attached hydrogen (secondary N) is 1. The van der Waals surface area contributed by atoms with Crippen LogP contribution in [0, 0.1) is 0 Å². The van der Waals surface area contributed by atoms with E-state index in [0.717, 1.165) is 24.3 Å². The minimum atomic E-state index is -4.69. The molecule has 0 heterocycles. The van der Waals surface area contributed by atoms with Gasteiger partial charge >= 0.3 is 12.4 Å². The smallest absolute Gasteiger partial charge is 0.351 e. The van der Waals surface area contributed by atoms with E-state index < -0.39 is 40.4 Å². The highest BCUT2D eigenvalue weighted by Gasteiger charge is 2.35. The van der Waals surface area contributed by atoms with Crippen LogP contribution in [0.3, 0.4) is 0 Å². The fraction of sp³-hybridized carbons (Fsp3) is 0.316. The predicted octanol–water partition coefficient (Wildman–Crippen LogP) is 5.43. The summed E-state index contributed by atoms with van der Waals surface area (Å²) in [6.45, 7) is 3.05. The van der Waals surface area contributed by atoms with Crippen molar-refractivity contribution < 1.29 is 31.1 Å². The van der Waals surface area contributed by atoms with Crippen LogP contribution in [0.1, 0.15) is 40.9 Å². The van der Waals surface area contributed by atoms with Crippen molar-refractivity contribution >= 4 is 5.91 Å². The third kappa shape index (κ3) is 5.02. The van der Waals surface area contributed by atoms with Crippen LogP contribution in [0.25, 0.3) is 0 Å². The van der Waals surface area contributed by atoms with Crippen LogP contribution in [0.5, 0.6) is 0 Å². The van der Waals surface area contributed by atoms with Crippen molar-refractivity contribution in [1.82, 2.24) is 5.32 Å². The average Bonchev–Trinajstić information content (AvgIpc) is 2.58. The van der Waals surface area contributed by atoms with Crippen LogP contribution in [-0.4, -0.2) is 12.5 Å². The zero-order chi connectivity index (χ0) is 20.5. The molecule has 146 valence electrons. The molecule has 0 saturated carbocycles. The molecule has 0 aromatic heterocycles. The van der Waals surface area contributed by atoms with E-state index >= 15 is 0 Å². The zero-order valence-electron chi connectivity index (χ0n) is 14.5. The SMILES string of the molecule is CC(C)(CNC(=O)c1ccccc1C(F)(F)F)c1cccc(C(F)(F)F)c1. The van der Waals surface area contributed by atoms with Crippen LogP contribution >= 0.6 is 0 Å². The van der Waals surface area contributed by atoms with Gasteiger partial charge in [-0.1, -0.05) is 44.2 Å². The highest BCUT2D eigenvalue weighted by molar-refractivity contribution is 5.95. The van der Waals surface area contributed by atoms with Gasteiger partial charge in [-0.3, -0.25) is 4.79 Å². The van der Waals surface area contributed by atoms with Crippen molar-refractivity contribution in [2.45, 2.75) is 31.6 Å². The molecule has 27 heavy (non-hydrogen) atoms. The van der Waals surface area contributed by atoms with Crippen molar-refractivity contribution in [2.24, 2.45) is 0 Å². The summed E-state index contributed by atoms with van der Waals surface area (Å²) in [5.41, 5.74) is -3.06. The summed E-state index contributed by atoms with van der Waals surface area (Å²) in [6, 6.07) is 8.95. The van der Waals surface area contributed by atoms with E-state index in [9.17, 15) is 31.1 Å². The minimum Gasteiger partial charge on any atom is -0.351 e. The number of alkyl halides is 6. The van der Waals surface area contributed by atoms with Crippen LogP contribution in [0.15, 0.2) is 48.5 Å². The number of amides is 1. The Labute approximate surface area is 152 Å². The van der Waals surface area contributed by atoms with E-state index in [-0.39, 0.29) is 6.54 Å². The summed E-state index contributed by atoms with van der Waals surface area (Å²) in [5.74, 6) is -0.942. The van der Waals surface area contributed by atoms with Crippen LogP contribution in [0.4, 0.5) is 26.3 Å². The number of hydrogen-bond acceptors (Lipinski definition) is 1. The fourth-order valence-electron chi connectivity index (χ4n) is 2.54. The molecule has 0 unspecified atom stereocenters. The number of halogens is 6. The lowest BCUT2D eigenvalue weighted by Crippen LogP contribution is -2.37. The molecule has 2 aromatic rings. The first-order valence-electron chi connectivity index (χ1n) is 7.94. The Morgan fingerprint density at radius 3 is 2.04 bits per heavy atom. The van der Waals surface area contributed by atoms with Gasteiger partial charge in [0.1, 0.15) is 0 Å². The molecule has 2 rings (SSSR count). The Morgan fingerprint density at radius 1 is 0.852 bits per heavy atom. The summed E-state index contributed by atoms with van der Waals surface area (Å²) < 4.78 is 77.7. The first-order chi connectivity index (χ1) is 12.3. The molecule has 1 amide bonds. The molecule has 0 aliphatic rings. The monoisotopic (exact) mass is 389 g/mol. The lowest BCUT2D eigenvalue weighted by Gasteiger charge is -2.27. The Bertz CT molecular complexity index is 823. The Morgan fingerprint density at radius 2 is 1.44 bits per heavy atom. The molecule has 2 aromatic carbocycles. The second-order valence-corrected chi connectivity index (χ2v) is 6.69. The van der Waals surface area contributed by atoms with E-state index in [1.807, 2.05) is 0 Å². The van der Waals surface area contributed by atoms with Crippen molar-refractivity contribution in [3.05, 3.63) is 70.8 Å². The Hall–Kier alpha value is -2.51. The number of rotatable bonds is 4. The summed E-state index contributed by atoms with van der Waals surface area (Å²) in [5, 5.41) is 2.39. The molecular weight excluding hydrogens is 372 g/mol. The molecule has 8 heteroatoms. The average molecular weight is 389 g/mol. The van der Waals surface area contributed by atoms with Gasteiger partial charge in [0, 0.05) is 12.0 Å². The molecule has 0 atom stereocenters. The van der Waals surface area contributed by atoms with Gasteiger partial charge in [0.25, 0.3) is 5.91 Å². The van der Waals surface area contributed by atoms with Crippen LogP contribution < -0.4 is 5.32 Å². The van der Waals surface area contributed by atoms with E-state index in [4.69, 9.17) is 0 Å². The van der Waals surface area contributed by atoms with Gasteiger partial charge in [-0.25, -0.2) is 0 Å². The summed E-state index contributed by atoms with van der Waals surface area (Å²) in [7, 11) is 0. The Balaban J connectivity index is 2.20. The van der Waals surface area contributed by atoms with Gasteiger partial charge < -0.3 is 5.32 Å². The quantitative estimate of drug-likeness (QED) is 0.694. The molecule has 1 N–H and O–H groups in total. The summed E-state index contributed by atoms with van der Waals surface area (Å²) in [4.78, 5) is 12.2.